The van der Waals surface area contributed by atoms with Crippen molar-refractivity contribution in [3.05, 3.63) is 39.9 Å². The second kappa shape index (κ2) is 3.88. The molecular weight excluding hydrogens is 200 g/mol. The molecule has 1 aliphatic heterocycles. The number of anilines is 1. The SMILES string of the molecule is O=[N+]([O-])CSN1CCc2ccccc21. The first kappa shape index (κ1) is 9.33. The Bertz CT molecular complexity index is 356. The molecule has 0 aromatic heterocycles. The van der Waals surface area contributed by atoms with Crippen LogP contribution >= 0.6 is 11.9 Å². The van der Waals surface area contributed by atoms with Crippen molar-refractivity contribution in [3.63, 3.8) is 0 Å². The van der Waals surface area contributed by atoms with Crippen LogP contribution in [0.5, 0.6) is 0 Å². The minimum atomic E-state index is -0.300. The molecule has 0 amide bonds. The largest absolute Gasteiger partial charge is 0.310 e. The molecule has 5 heteroatoms. The Morgan fingerprint density at radius 2 is 2.29 bits per heavy atom. The molecule has 0 spiro atoms. The van der Waals surface area contributed by atoms with Crippen LogP contribution in [0.3, 0.4) is 0 Å². The van der Waals surface area contributed by atoms with Gasteiger partial charge in [-0.3, -0.25) is 10.1 Å². The third-order valence-corrected chi connectivity index (χ3v) is 3.18. The van der Waals surface area contributed by atoms with E-state index in [2.05, 4.69) is 6.07 Å². The highest BCUT2D eigenvalue weighted by Gasteiger charge is 2.19. The fourth-order valence-electron chi connectivity index (χ4n) is 1.56. The van der Waals surface area contributed by atoms with E-state index < -0.39 is 0 Å². The Hall–Kier alpha value is -1.23. The molecular formula is C9H10N2O2S. The van der Waals surface area contributed by atoms with Crippen LogP contribution in [0.15, 0.2) is 24.3 Å². The summed E-state index contributed by atoms with van der Waals surface area (Å²) in [6.45, 7) is 0.873. The quantitative estimate of drug-likeness (QED) is 0.331. The molecule has 1 heterocycles. The van der Waals surface area contributed by atoms with Gasteiger partial charge >= 0.3 is 0 Å². The van der Waals surface area contributed by atoms with Gasteiger partial charge in [0.05, 0.1) is 5.69 Å². The molecule has 0 bridgehead atoms. The number of hydrogen-bond donors (Lipinski definition) is 0. The minimum Gasteiger partial charge on any atom is -0.310 e. The molecule has 0 fully saturated rings. The molecule has 2 rings (SSSR count). The molecule has 0 saturated heterocycles. The smallest absolute Gasteiger partial charge is 0.267 e. The number of nitro groups is 1. The van der Waals surface area contributed by atoms with Gasteiger partial charge in [0.25, 0.3) is 5.88 Å². The predicted molar refractivity (Wildman–Crippen MR) is 56.9 cm³/mol. The number of para-hydroxylation sites is 1. The lowest BCUT2D eigenvalue weighted by molar-refractivity contribution is -0.456. The Morgan fingerprint density at radius 3 is 3.07 bits per heavy atom. The standard InChI is InChI=1S/C9H10N2O2S/c12-11(13)7-14-10-6-5-8-3-1-2-4-9(8)10/h1-4H,5-7H2. The second-order valence-corrected chi connectivity index (χ2v) is 4.03. The molecule has 1 aliphatic rings. The van der Waals surface area contributed by atoms with Gasteiger partial charge < -0.3 is 4.31 Å². The first-order valence-corrected chi connectivity index (χ1v) is 5.32. The Balaban J connectivity index is 2.07. The maximum atomic E-state index is 10.2. The topological polar surface area (TPSA) is 46.4 Å². The highest BCUT2D eigenvalue weighted by atomic mass is 32.2. The van der Waals surface area contributed by atoms with Gasteiger partial charge in [-0.25, -0.2) is 0 Å². The van der Waals surface area contributed by atoms with Crippen LogP contribution < -0.4 is 4.31 Å². The van der Waals surface area contributed by atoms with Crippen LogP contribution in [0.2, 0.25) is 0 Å². The van der Waals surface area contributed by atoms with Gasteiger partial charge in [0.15, 0.2) is 0 Å². The minimum absolute atomic E-state index is 0.0612. The summed E-state index contributed by atoms with van der Waals surface area (Å²) in [6.07, 6.45) is 0.987. The van der Waals surface area contributed by atoms with E-state index in [1.54, 1.807) is 0 Å². The maximum Gasteiger partial charge on any atom is 0.267 e. The molecule has 74 valence electrons. The van der Waals surface area contributed by atoms with Gasteiger partial charge in [0.2, 0.25) is 0 Å². The van der Waals surface area contributed by atoms with Gasteiger partial charge in [-0.1, -0.05) is 18.2 Å². The fraction of sp³-hybridized carbons (Fsp3) is 0.333. The summed E-state index contributed by atoms with van der Waals surface area (Å²) >= 11 is 1.27. The normalized spacial score (nSPS) is 14.1. The van der Waals surface area contributed by atoms with E-state index in [9.17, 15) is 10.1 Å². The average Bonchev–Trinajstić information content (AvgIpc) is 2.58. The lowest BCUT2D eigenvalue weighted by Crippen LogP contribution is -2.13. The van der Waals surface area contributed by atoms with Gasteiger partial charge in [-0.05, 0) is 18.1 Å². The van der Waals surface area contributed by atoms with Crippen molar-refractivity contribution in [1.29, 1.82) is 0 Å². The van der Waals surface area contributed by atoms with E-state index in [4.69, 9.17) is 0 Å². The molecule has 4 nitrogen and oxygen atoms in total. The summed E-state index contributed by atoms with van der Waals surface area (Å²) < 4.78 is 2.00. The molecule has 0 unspecified atom stereocenters. The van der Waals surface area contributed by atoms with E-state index >= 15 is 0 Å². The second-order valence-electron chi connectivity index (χ2n) is 3.07. The average molecular weight is 210 g/mol. The van der Waals surface area contributed by atoms with Crippen LogP contribution in [-0.2, 0) is 6.42 Å². The zero-order valence-corrected chi connectivity index (χ0v) is 8.37. The highest BCUT2D eigenvalue weighted by molar-refractivity contribution is 8.00. The Morgan fingerprint density at radius 1 is 1.50 bits per heavy atom. The van der Waals surface area contributed by atoms with E-state index in [1.807, 2.05) is 22.5 Å². The molecule has 1 aromatic rings. The van der Waals surface area contributed by atoms with Crippen molar-refractivity contribution in [3.8, 4) is 0 Å². The van der Waals surface area contributed by atoms with Gasteiger partial charge in [0, 0.05) is 23.4 Å². The molecule has 0 N–H and O–H groups in total. The van der Waals surface area contributed by atoms with Crippen molar-refractivity contribution in [2.45, 2.75) is 6.42 Å². The van der Waals surface area contributed by atoms with Gasteiger partial charge in [-0.2, -0.15) is 0 Å². The number of hydrogen-bond acceptors (Lipinski definition) is 4. The molecule has 0 atom stereocenters. The van der Waals surface area contributed by atoms with E-state index in [-0.39, 0.29) is 10.8 Å². The van der Waals surface area contributed by atoms with E-state index in [1.165, 1.54) is 17.5 Å². The third kappa shape index (κ3) is 1.82. The summed E-state index contributed by atoms with van der Waals surface area (Å²) in [5.41, 5.74) is 2.41. The lowest BCUT2D eigenvalue weighted by atomic mass is 10.2. The maximum absolute atomic E-state index is 10.2. The van der Waals surface area contributed by atoms with Crippen molar-refractivity contribution in [2.75, 3.05) is 16.7 Å². The summed E-state index contributed by atoms with van der Waals surface area (Å²) in [7, 11) is 0. The molecule has 0 aliphatic carbocycles. The van der Waals surface area contributed by atoms with Crippen LogP contribution in [0.4, 0.5) is 5.69 Å². The molecule has 0 radical (unpaired) electrons. The van der Waals surface area contributed by atoms with Gasteiger partial charge in [0.1, 0.15) is 0 Å². The fourth-order valence-corrected chi connectivity index (χ4v) is 2.33. The number of rotatable bonds is 3. The summed E-state index contributed by atoms with van der Waals surface area (Å²) in [5, 5.41) is 10.2. The first-order valence-electron chi connectivity index (χ1n) is 4.37. The van der Waals surface area contributed by atoms with Crippen molar-refractivity contribution in [2.24, 2.45) is 0 Å². The van der Waals surface area contributed by atoms with Crippen molar-refractivity contribution in [1.82, 2.24) is 0 Å². The number of benzene rings is 1. The van der Waals surface area contributed by atoms with Crippen molar-refractivity contribution >= 4 is 17.6 Å². The zero-order valence-electron chi connectivity index (χ0n) is 7.55. The van der Waals surface area contributed by atoms with E-state index in [0.717, 1.165) is 18.7 Å². The zero-order chi connectivity index (χ0) is 9.97. The Labute approximate surface area is 86.2 Å². The summed E-state index contributed by atoms with van der Waals surface area (Å²) in [4.78, 5) is 9.93. The predicted octanol–water partition coefficient (Wildman–Crippen LogP) is 1.93. The van der Waals surface area contributed by atoms with Crippen LogP contribution in [-0.4, -0.2) is 17.3 Å². The van der Waals surface area contributed by atoms with Crippen LogP contribution in [0.1, 0.15) is 5.56 Å². The Kier molecular flexibility index (Phi) is 2.58. The number of fused-ring (bicyclic) bond motifs is 1. The summed E-state index contributed by atoms with van der Waals surface area (Å²) in [6, 6.07) is 8.04. The molecule has 0 saturated carbocycles. The third-order valence-electron chi connectivity index (χ3n) is 2.16. The van der Waals surface area contributed by atoms with Gasteiger partial charge in [-0.15, -0.1) is 0 Å². The lowest BCUT2D eigenvalue weighted by Gasteiger charge is -2.14. The van der Waals surface area contributed by atoms with Crippen molar-refractivity contribution < 1.29 is 4.92 Å². The first-order chi connectivity index (χ1) is 6.77. The molecule has 1 aromatic carbocycles. The highest BCUT2D eigenvalue weighted by Crippen LogP contribution is 2.32. The monoisotopic (exact) mass is 210 g/mol. The molecule has 14 heavy (non-hydrogen) atoms. The number of nitrogens with zero attached hydrogens (tertiary/aromatic N) is 2. The summed E-state index contributed by atoms with van der Waals surface area (Å²) in [5.74, 6) is -0.0612. The van der Waals surface area contributed by atoms with Crippen LogP contribution in [0.25, 0.3) is 0 Å². The van der Waals surface area contributed by atoms with Crippen LogP contribution in [0, 0.1) is 10.1 Å². The van der Waals surface area contributed by atoms with E-state index in [0.29, 0.717) is 0 Å².